The number of hydrogen-bond acceptors (Lipinski definition) is 3. The zero-order chi connectivity index (χ0) is 11.4. The molecule has 0 bridgehead atoms. The molecule has 1 saturated carbocycles. The molecule has 2 rings (SSSR count). The van der Waals surface area contributed by atoms with Gasteiger partial charge in [0.05, 0.1) is 6.61 Å². The third-order valence-electron chi connectivity index (χ3n) is 3.14. The average molecular weight is 220 g/mol. The summed E-state index contributed by atoms with van der Waals surface area (Å²) in [5.41, 5.74) is 0. The second-order valence-corrected chi connectivity index (χ2v) is 4.71. The summed E-state index contributed by atoms with van der Waals surface area (Å²) in [7, 11) is 3.98. The maximum atomic E-state index is 5.81. The van der Waals surface area contributed by atoms with Crippen molar-refractivity contribution in [2.24, 2.45) is 5.92 Å². The summed E-state index contributed by atoms with van der Waals surface area (Å²) < 4.78 is 5.81. The molecule has 1 aliphatic carbocycles. The highest BCUT2D eigenvalue weighted by atomic mass is 16.5. The Balaban J connectivity index is 1.90. The van der Waals surface area contributed by atoms with Crippen LogP contribution in [-0.4, -0.2) is 25.7 Å². The van der Waals surface area contributed by atoms with Gasteiger partial charge in [-0.1, -0.05) is 12.8 Å². The minimum absolute atomic E-state index is 0.760. The smallest absolute Gasteiger partial charge is 0.131 e. The summed E-state index contributed by atoms with van der Waals surface area (Å²) >= 11 is 0. The van der Waals surface area contributed by atoms with E-state index in [9.17, 15) is 0 Å². The topological polar surface area (TPSA) is 25.4 Å². The van der Waals surface area contributed by atoms with Gasteiger partial charge in [0.25, 0.3) is 0 Å². The lowest BCUT2D eigenvalue weighted by Crippen LogP contribution is -2.11. The monoisotopic (exact) mass is 220 g/mol. The van der Waals surface area contributed by atoms with Gasteiger partial charge in [0, 0.05) is 26.4 Å². The Hall–Kier alpha value is -1.25. The van der Waals surface area contributed by atoms with Crippen molar-refractivity contribution in [1.82, 2.24) is 4.98 Å². The molecule has 1 aromatic heterocycles. The Morgan fingerprint density at radius 1 is 1.38 bits per heavy atom. The molecule has 3 heteroatoms. The van der Waals surface area contributed by atoms with Crippen LogP contribution in [0.3, 0.4) is 0 Å². The van der Waals surface area contributed by atoms with E-state index in [-0.39, 0.29) is 0 Å². The molecule has 0 aliphatic heterocycles. The Bertz CT molecular complexity index is 332. The van der Waals surface area contributed by atoms with Gasteiger partial charge in [-0.15, -0.1) is 0 Å². The van der Waals surface area contributed by atoms with Crippen LogP contribution in [0.5, 0.6) is 5.75 Å². The van der Waals surface area contributed by atoms with E-state index in [2.05, 4.69) is 4.98 Å². The van der Waals surface area contributed by atoms with E-state index in [1.54, 1.807) is 6.20 Å². The standard InChI is InChI=1S/C13H20N2O/c1-15(2)13-9-12(7-8-14-13)16-10-11-5-3-4-6-11/h7-9,11H,3-6,10H2,1-2H3. The number of hydrogen-bond donors (Lipinski definition) is 0. The van der Waals surface area contributed by atoms with Crippen LogP contribution in [0, 0.1) is 5.92 Å². The molecule has 0 unspecified atom stereocenters. The van der Waals surface area contributed by atoms with Crippen molar-refractivity contribution in [3.8, 4) is 5.75 Å². The highest BCUT2D eigenvalue weighted by Gasteiger charge is 2.15. The number of nitrogens with zero attached hydrogens (tertiary/aromatic N) is 2. The first-order valence-corrected chi connectivity index (χ1v) is 6.02. The third-order valence-corrected chi connectivity index (χ3v) is 3.14. The summed E-state index contributed by atoms with van der Waals surface area (Å²) in [5, 5.41) is 0. The number of aromatic nitrogens is 1. The minimum atomic E-state index is 0.760. The second-order valence-electron chi connectivity index (χ2n) is 4.71. The maximum absolute atomic E-state index is 5.81. The van der Waals surface area contributed by atoms with Crippen molar-refractivity contribution in [2.45, 2.75) is 25.7 Å². The van der Waals surface area contributed by atoms with Crippen molar-refractivity contribution in [1.29, 1.82) is 0 Å². The van der Waals surface area contributed by atoms with Crippen molar-refractivity contribution in [2.75, 3.05) is 25.6 Å². The molecule has 1 heterocycles. The Morgan fingerprint density at radius 2 is 2.12 bits per heavy atom. The maximum Gasteiger partial charge on any atom is 0.131 e. The predicted octanol–water partition coefficient (Wildman–Crippen LogP) is 2.72. The van der Waals surface area contributed by atoms with Gasteiger partial charge in [0.1, 0.15) is 11.6 Å². The molecule has 0 atom stereocenters. The summed E-state index contributed by atoms with van der Waals surface area (Å²) in [6.45, 7) is 0.858. The molecular formula is C13H20N2O. The molecule has 1 aromatic rings. The third kappa shape index (κ3) is 2.87. The molecular weight excluding hydrogens is 200 g/mol. The zero-order valence-corrected chi connectivity index (χ0v) is 10.1. The van der Waals surface area contributed by atoms with Gasteiger partial charge < -0.3 is 9.64 Å². The zero-order valence-electron chi connectivity index (χ0n) is 10.1. The first-order valence-electron chi connectivity index (χ1n) is 6.02. The number of anilines is 1. The van der Waals surface area contributed by atoms with Gasteiger partial charge in [-0.2, -0.15) is 0 Å². The highest BCUT2D eigenvalue weighted by molar-refractivity contribution is 5.41. The Kier molecular flexibility index (Phi) is 3.65. The second kappa shape index (κ2) is 5.19. The van der Waals surface area contributed by atoms with Crippen LogP contribution < -0.4 is 9.64 Å². The lowest BCUT2D eigenvalue weighted by Gasteiger charge is -2.14. The van der Waals surface area contributed by atoms with E-state index in [4.69, 9.17) is 4.74 Å². The number of rotatable bonds is 4. The lowest BCUT2D eigenvalue weighted by atomic mass is 10.1. The molecule has 3 nitrogen and oxygen atoms in total. The van der Waals surface area contributed by atoms with Crippen LogP contribution in [0.1, 0.15) is 25.7 Å². The van der Waals surface area contributed by atoms with Gasteiger partial charge >= 0.3 is 0 Å². The SMILES string of the molecule is CN(C)c1cc(OCC2CCCC2)ccn1. The number of ether oxygens (including phenoxy) is 1. The van der Waals surface area contributed by atoms with E-state index in [1.807, 2.05) is 31.1 Å². The minimum Gasteiger partial charge on any atom is -0.493 e. The lowest BCUT2D eigenvalue weighted by molar-refractivity contribution is 0.252. The summed E-state index contributed by atoms with van der Waals surface area (Å²) in [6, 6.07) is 3.93. The molecule has 16 heavy (non-hydrogen) atoms. The van der Waals surface area contributed by atoms with Crippen LogP contribution in [0.2, 0.25) is 0 Å². The quantitative estimate of drug-likeness (QED) is 0.780. The molecule has 1 aliphatic rings. The van der Waals surface area contributed by atoms with Gasteiger partial charge in [-0.3, -0.25) is 0 Å². The van der Waals surface area contributed by atoms with Gasteiger partial charge in [0.2, 0.25) is 0 Å². The van der Waals surface area contributed by atoms with Crippen molar-refractivity contribution in [3.05, 3.63) is 18.3 Å². The van der Waals surface area contributed by atoms with Crippen LogP contribution in [0.15, 0.2) is 18.3 Å². The van der Waals surface area contributed by atoms with Crippen molar-refractivity contribution in [3.63, 3.8) is 0 Å². The summed E-state index contributed by atoms with van der Waals surface area (Å²) in [5.74, 6) is 2.64. The normalized spacial score (nSPS) is 16.4. The van der Waals surface area contributed by atoms with E-state index < -0.39 is 0 Å². The van der Waals surface area contributed by atoms with E-state index in [0.29, 0.717) is 0 Å². The molecule has 0 radical (unpaired) electrons. The van der Waals surface area contributed by atoms with Crippen LogP contribution in [-0.2, 0) is 0 Å². The number of pyridine rings is 1. The van der Waals surface area contributed by atoms with E-state index >= 15 is 0 Å². The molecule has 0 spiro atoms. The first kappa shape index (κ1) is 11.2. The van der Waals surface area contributed by atoms with Gasteiger partial charge in [-0.05, 0) is 24.8 Å². The molecule has 0 N–H and O–H groups in total. The van der Waals surface area contributed by atoms with Crippen LogP contribution >= 0.6 is 0 Å². The largest absolute Gasteiger partial charge is 0.493 e. The molecule has 0 amide bonds. The fourth-order valence-electron chi connectivity index (χ4n) is 2.13. The summed E-state index contributed by atoms with van der Waals surface area (Å²) in [4.78, 5) is 6.25. The fraction of sp³-hybridized carbons (Fsp3) is 0.615. The van der Waals surface area contributed by atoms with Crippen LogP contribution in [0.25, 0.3) is 0 Å². The van der Waals surface area contributed by atoms with Gasteiger partial charge in [0.15, 0.2) is 0 Å². The van der Waals surface area contributed by atoms with Crippen molar-refractivity contribution >= 4 is 5.82 Å². The molecule has 0 aromatic carbocycles. The first-order chi connectivity index (χ1) is 7.75. The summed E-state index contributed by atoms with van der Waals surface area (Å²) in [6.07, 6.45) is 7.19. The average Bonchev–Trinajstić information content (AvgIpc) is 2.79. The van der Waals surface area contributed by atoms with Crippen molar-refractivity contribution < 1.29 is 4.74 Å². The predicted molar refractivity (Wildman–Crippen MR) is 66.0 cm³/mol. The van der Waals surface area contributed by atoms with E-state index in [1.165, 1.54) is 25.7 Å². The van der Waals surface area contributed by atoms with Gasteiger partial charge in [-0.25, -0.2) is 4.98 Å². The Morgan fingerprint density at radius 3 is 2.81 bits per heavy atom. The fourth-order valence-corrected chi connectivity index (χ4v) is 2.13. The molecule has 0 saturated heterocycles. The van der Waals surface area contributed by atoms with E-state index in [0.717, 1.165) is 24.1 Å². The van der Waals surface area contributed by atoms with Crippen LogP contribution in [0.4, 0.5) is 5.82 Å². The molecule has 1 fully saturated rings. The Labute approximate surface area is 97.4 Å². The molecule has 88 valence electrons. The highest BCUT2D eigenvalue weighted by Crippen LogP contribution is 2.26.